The fraction of sp³-hybridized carbons (Fsp3) is 0.421. The van der Waals surface area contributed by atoms with Gasteiger partial charge in [0.25, 0.3) is 11.5 Å². The van der Waals surface area contributed by atoms with Crippen molar-refractivity contribution in [1.29, 1.82) is 0 Å². The van der Waals surface area contributed by atoms with Gasteiger partial charge in [-0.15, -0.1) is 0 Å². The number of halogens is 2. The highest BCUT2D eigenvalue weighted by Crippen LogP contribution is 2.21. The van der Waals surface area contributed by atoms with Gasteiger partial charge in [0, 0.05) is 38.4 Å². The van der Waals surface area contributed by atoms with Crippen LogP contribution >= 0.6 is 0 Å². The fourth-order valence-corrected chi connectivity index (χ4v) is 2.90. The lowest BCUT2D eigenvalue weighted by molar-refractivity contribution is 0.0982. The molecule has 0 atom stereocenters. The maximum atomic E-state index is 13.6. The number of H-pyrrole nitrogens is 1. The predicted molar refractivity (Wildman–Crippen MR) is 105 cm³/mol. The van der Waals surface area contributed by atoms with Crippen molar-refractivity contribution in [2.45, 2.75) is 26.8 Å². The Morgan fingerprint density at radius 1 is 1.24 bits per heavy atom. The van der Waals surface area contributed by atoms with Crippen molar-refractivity contribution in [2.75, 3.05) is 30.9 Å². The van der Waals surface area contributed by atoms with Crippen LogP contribution < -0.4 is 21.9 Å². The maximum absolute atomic E-state index is 13.6. The smallest absolute Gasteiger partial charge is 0.330 e. The van der Waals surface area contributed by atoms with Gasteiger partial charge in [0.15, 0.2) is 5.69 Å². The lowest BCUT2D eigenvalue weighted by atomic mass is 10.1. The van der Waals surface area contributed by atoms with E-state index >= 15 is 0 Å². The number of hydrogen-bond donors (Lipinski definition) is 2. The number of carbonyl (C=O) groups is 1. The first kappa shape index (κ1) is 22.3. The zero-order valence-corrected chi connectivity index (χ0v) is 16.5. The van der Waals surface area contributed by atoms with Crippen molar-refractivity contribution in [3.05, 3.63) is 56.2 Å². The van der Waals surface area contributed by atoms with Gasteiger partial charge in [0.2, 0.25) is 0 Å². The number of anilines is 2. The van der Waals surface area contributed by atoms with Crippen molar-refractivity contribution in [3.8, 4) is 0 Å². The summed E-state index contributed by atoms with van der Waals surface area (Å²) in [6.07, 6.45) is 0.322. The number of methoxy groups -OCH3 is 1. The summed E-state index contributed by atoms with van der Waals surface area (Å²) in [6, 6.07) is 2.36. The van der Waals surface area contributed by atoms with Crippen LogP contribution in [0.2, 0.25) is 0 Å². The summed E-state index contributed by atoms with van der Waals surface area (Å²) in [5.74, 6) is -2.86. The molecule has 0 bridgehead atoms. The van der Waals surface area contributed by atoms with Gasteiger partial charge < -0.3 is 15.4 Å². The normalized spacial score (nSPS) is 11.1. The average molecular weight is 410 g/mol. The quantitative estimate of drug-likeness (QED) is 0.644. The lowest BCUT2D eigenvalue weighted by Gasteiger charge is -2.25. The van der Waals surface area contributed by atoms with Crippen LogP contribution in [0.5, 0.6) is 0 Å². The third kappa shape index (κ3) is 5.29. The fourth-order valence-electron chi connectivity index (χ4n) is 2.90. The van der Waals surface area contributed by atoms with Crippen LogP contribution in [-0.2, 0) is 11.3 Å². The highest BCUT2D eigenvalue weighted by atomic mass is 19.1. The van der Waals surface area contributed by atoms with Gasteiger partial charge in [0.05, 0.1) is 0 Å². The maximum Gasteiger partial charge on any atom is 0.330 e. The molecule has 2 rings (SSSR count). The molecule has 0 unspecified atom stereocenters. The Labute approximate surface area is 165 Å². The molecular formula is C19H24F2N4O4. The predicted octanol–water partition coefficient (Wildman–Crippen LogP) is 1.74. The van der Waals surface area contributed by atoms with Gasteiger partial charge in [0.1, 0.15) is 17.5 Å². The molecule has 8 nitrogen and oxygen atoms in total. The first-order valence-corrected chi connectivity index (χ1v) is 9.05. The van der Waals surface area contributed by atoms with E-state index in [2.05, 4.69) is 4.98 Å². The Hall–Kier alpha value is -3.01. The number of amides is 1. The lowest BCUT2D eigenvalue weighted by Crippen LogP contribution is -2.42. The van der Waals surface area contributed by atoms with Crippen molar-refractivity contribution in [1.82, 2.24) is 9.55 Å². The monoisotopic (exact) mass is 410 g/mol. The summed E-state index contributed by atoms with van der Waals surface area (Å²) in [6.45, 7) is 4.17. The molecule has 0 aliphatic rings. The molecule has 1 aromatic carbocycles. The Balaban J connectivity index is 2.62. The molecule has 0 aliphatic heterocycles. The Morgan fingerprint density at radius 3 is 2.41 bits per heavy atom. The second-order valence-corrected chi connectivity index (χ2v) is 6.96. The van der Waals surface area contributed by atoms with Crippen LogP contribution in [0.25, 0.3) is 0 Å². The van der Waals surface area contributed by atoms with Crippen LogP contribution in [0.1, 0.15) is 30.6 Å². The summed E-state index contributed by atoms with van der Waals surface area (Å²) in [4.78, 5) is 40.9. The molecule has 0 aliphatic carbocycles. The van der Waals surface area contributed by atoms with Gasteiger partial charge in [-0.1, -0.05) is 13.8 Å². The molecule has 2 aromatic rings. The van der Waals surface area contributed by atoms with Crippen molar-refractivity contribution in [3.63, 3.8) is 0 Å². The zero-order valence-electron chi connectivity index (χ0n) is 16.5. The highest BCUT2D eigenvalue weighted by Gasteiger charge is 2.26. The van der Waals surface area contributed by atoms with Gasteiger partial charge >= 0.3 is 5.69 Å². The van der Waals surface area contributed by atoms with E-state index in [0.717, 1.165) is 21.6 Å². The molecule has 3 N–H and O–H groups in total. The average Bonchev–Trinajstić information content (AvgIpc) is 2.62. The van der Waals surface area contributed by atoms with Crippen LogP contribution in [0.4, 0.5) is 20.3 Å². The molecule has 0 saturated carbocycles. The molecule has 29 heavy (non-hydrogen) atoms. The Bertz CT molecular complexity index is 980. The van der Waals surface area contributed by atoms with E-state index in [1.807, 2.05) is 13.8 Å². The van der Waals surface area contributed by atoms with E-state index in [0.29, 0.717) is 12.5 Å². The minimum Gasteiger partial charge on any atom is -0.385 e. The summed E-state index contributed by atoms with van der Waals surface area (Å²) in [7, 11) is 1.47. The second-order valence-electron chi connectivity index (χ2n) is 6.96. The minimum atomic E-state index is -0.933. The number of nitrogens with one attached hydrogen (secondary N) is 1. The zero-order chi connectivity index (χ0) is 21.7. The molecule has 158 valence electrons. The van der Waals surface area contributed by atoms with Crippen LogP contribution in [0.3, 0.4) is 0 Å². The minimum absolute atomic E-state index is 0.0159. The standard InChI is InChI=1S/C19H24F2N4O4/c1-11(2)10-25-16(22)15(17(26)23-19(25)28)24(5-4-6-29-3)18(27)12-7-13(20)9-14(21)8-12/h7-9,11H,4-6,10,22H2,1-3H3,(H,23,26,28). The van der Waals surface area contributed by atoms with E-state index in [-0.39, 0.29) is 42.7 Å². The first-order chi connectivity index (χ1) is 13.6. The van der Waals surface area contributed by atoms with Crippen LogP contribution in [0, 0.1) is 17.6 Å². The number of benzene rings is 1. The number of aromatic amines is 1. The largest absolute Gasteiger partial charge is 0.385 e. The third-order valence-corrected chi connectivity index (χ3v) is 4.12. The molecule has 0 saturated heterocycles. The number of carbonyl (C=O) groups excluding carboxylic acids is 1. The number of hydrogen-bond acceptors (Lipinski definition) is 5. The highest BCUT2D eigenvalue weighted by molar-refractivity contribution is 6.07. The summed E-state index contributed by atoms with van der Waals surface area (Å²) >= 11 is 0. The summed E-state index contributed by atoms with van der Waals surface area (Å²) in [5.41, 5.74) is 3.97. The van der Waals surface area contributed by atoms with E-state index in [1.165, 1.54) is 7.11 Å². The molecule has 1 heterocycles. The van der Waals surface area contributed by atoms with Crippen LogP contribution in [-0.4, -0.2) is 35.7 Å². The van der Waals surface area contributed by atoms with Gasteiger partial charge in [-0.25, -0.2) is 13.6 Å². The Morgan fingerprint density at radius 2 is 1.86 bits per heavy atom. The van der Waals surface area contributed by atoms with Gasteiger partial charge in [-0.05, 0) is 24.5 Å². The number of aromatic nitrogens is 2. The van der Waals surface area contributed by atoms with E-state index in [9.17, 15) is 23.2 Å². The molecular weight excluding hydrogens is 386 g/mol. The van der Waals surface area contributed by atoms with Crippen molar-refractivity contribution < 1.29 is 18.3 Å². The first-order valence-electron chi connectivity index (χ1n) is 9.05. The molecule has 1 amide bonds. The molecule has 0 fully saturated rings. The SMILES string of the molecule is COCCCN(C(=O)c1cc(F)cc(F)c1)c1c(N)n(CC(C)C)c(=O)[nH]c1=O. The molecule has 0 spiro atoms. The number of nitrogens with zero attached hydrogens (tertiary/aromatic N) is 2. The number of nitrogens with two attached hydrogens (primary N) is 1. The number of rotatable bonds is 8. The van der Waals surface area contributed by atoms with E-state index in [4.69, 9.17) is 10.5 Å². The van der Waals surface area contributed by atoms with Crippen LogP contribution in [0.15, 0.2) is 27.8 Å². The number of ether oxygens (including phenoxy) is 1. The second kappa shape index (κ2) is 9.46. The molecule has 10 heteroatoms. The van der Waals surface area contributed by atoms with Crippen molar-refractivity contribution in [2.24, 2.45) is 5.92 Å². The molecule has 0 radical (unpaired) electrons. The topological polar surface area (TPSA) is 110 Å². The van der Waals surface area contributed by atoms with Gasteiger partial charge in [-0.3, -0.25) is 19.1 Å². The van der Waals surface area contributed by atoms with E-state index < -0.39 is 28.8 Å². The van der Waals surface area contributed by atoms with Gasteiger partial charge in [-0.2, -0.15) is 0 Å². The molecule has 1 aromatic heterocycles. The third-order valence-electron chi connectivity index (χ3n) is 4.12. The number of nitrogen functional groups attached to an aromatic ring is 1. The Kier molecular flexibility index (Phi) is 7.27. The van der Waals surface area contributed by atoms with E-state index in [1.54, 1.807) is 0 Å². The summed E-state index contributed by atoms with van der Waals surface area (Å²) < 4.78 is 33.4. The summed E-state index contributed by atoms with van der Waals surface area (Å²) in [5, 5.41) is 0. The van der Waals surface area contributed by atoms with Crippen molar-refractivity contribution >= 4 is 17.4 Å².